The molecule has 0 saturated heterocycles. The normalized spacial score (nSPS) is 10.4. The highest BCUT2D eigenvalue weighted by molar-refractivity contribution is 5.88. The van der Waals surface area contributed by atoms with Crippen molar-refractivity contribution in [2.45, 2.75) is 0 Å². The molecule has 0 atom stereocenters. The van der Waals surface area contributed by atoms with E-state index in [1.165, 1.54) is 45.6 Å². The Morgan fingerprint density at radius 3 is 2.19 bits per heavy atom. The van der Waals surface area contributed by atoms with E-state index in [9.17, 15) is 9.59 Å². The number of benzene rings is 2. The minimum Gasteiger partial charge on any atom is -0.493 e. The third-order valence-electron chi connectivity index (χ3n) is 3.43. The second-order valence-corrected chi connectivity index (χ2v) is 5.04. The number of carbonyl (C=O) groups excluding carboxylic acids is 1. The lowest BCUT2D eigenvalue weighted by atomic mass is 10.1. The van der Waals surface area contributed by atoms with E-state index < -0.39 is 11.9 Å². The third-order valence-corrected chi connectivity index (χ3v) is 3.43. The van der Waals surface area contributed by atoms with Gasteiger partial charge in [-0.1, -0.05) is 6.07 Å². The van der Waals surface area contributed by atoms with E-state index in [-0.39, 0.29) is 11.3 Å². The first-order chi connectivity index (χ1) is 12.5. The summed E-state index contributed by atoms with van der Waals surface area (Å²) in [6.45, 7) is 0. The zero-order valence-electron chi connectivity index (χ0n) is 14.5. The van der Waals surface area contributed by atoms with Crippen molar-refractivity contribution in [2.24, 2.45) is 0 Å². The summed E-state index contributed by atoms with van der Waals surface area (Å²) in [4.78, 5) is 22.3. The summed E-state index contributed by atoms with van der Waals surface area (Å²) in [6, 6.07) is 9.38. The van der Waals surface area contributed by atoms with E-state index in [0.717, 1.165) is 0 Å². The minimum atomic E-state index is -1.07. The van der Waals surface area contributed by atoms with Gasteiger partial charge in [0.1, 0.15) is 0 Å². The first kappa shape index (κ1) is 18.9. The molecule has 0 saturated carbocycles. The summed E-state index contributed by atoms with van der Waals surface area (Å²) in [6.07, 6.45) is 2.86. The Morgan fingerprint density at radius 1 is 0.885 bits per heavy atom. The molecule has 0 unspecified atom stereocenters. The minimum absolute atomic E-state index is 0.0796. The smallest absolute Gasteiger partial charge is 0.335 e. The third kappa shape index (κ3) is 4.54. The summed E-state index contributed by atoms with van der Waals surface area (Å²) < 4.78 is 20.9. The van der Waals surface area contributed by atoms with Crippen molar-refractivity contribution in [1.82, 2.24) is 0 Å². The SMILES string of the molecule is COC(=O)C=Cc1ccc(OC)c(Oc2ccc(C(=O)O)cc2OC)c1. The zero-order valence-corrected chi connectivity index (χ0v) is 14.5. The van der Waals surface area contributed by atoms with Crippen LogP contribution in [0, 0.1) is 0 Å². The van der Waals surface area contributed by atoms with Gasteiger partial charge >= 0.3 is 11.9 Å². The van der Waals surface area contributed by atoms with Crippen molar-refractivity contribution in [3.05, 3.63) is 53.6 Å². The Labute approximate surface area is 150 Å². The lowest BCUT2D eigenvalue weighted by Crippen LogP contribution is -1.99. The fourth-order valence-electron chi connectivity index (χ4n) is 2.11. The predicted octanol–water partition coefficient (Wildman–Crippen LogP) is 3.38. The van der Waals surface area contributed by atoms with E-state index >= 15 is 0 Å². The number of carboxylic acids is 1. The van der Waals surface area contributed by atoms with Crippen LogP contribution in [0.3, 0.4) is 0 Å². The molecule has 0 aliphatic carbocycles. The van der Waals surface area contributed by atoms with Crippen molar-refractivity contribution < 1.29 is 33.6 Å². The molecule has 26 heavy (non-hydrogen) atoms. The zero-order chi connectivity index (χ0) is 19.1. The Hall–Kier alpha value is -3.48. The highest BCUT2D eigenvalue weighted by Crippen LogP contribution is 2.37. The molecule has 0 amide bonds. The molecule has 0 radical (unpaired) electrons. The van der Waals surface area contributed by atoms with Gasteiger partial charge in [0, 0.05) is 6.08 Å². The molecule has 0 fully saturated rings. The van der Waals surface area contributed by atoms with Crippen LogP contribution in [0.1, 0.15) is 15.9 Å². The number of ether oxygens (including phenoxy) is 4. The first-order valence-corrected chi connectivity index (χ1v) is 7.51. The highest BCUT2D eigenvalue weighted by Gasteiger charge is 2.13. The van der Waals surface area contributed by atoms with Crippen LogP contribution in [-0.2, 0) is 9.53 Å². The van der Waals surface area contributed by atoms with E-state index in [1.54, 1.807) is 24.3 Å². The summed E-state index contributed by atoms with van der Waals surface area (Å²) >= 11 is 0. The lowest BCUT2D eigenvalue weighted by molar-refractivity contribution is -0.134. The predicted molar refractivity (Wildman–Crippen MR) is 94.1 cm³/mol. The van der Waals surface area contributed by atoms with Crippen LogP contribution in [0.15, 0.2) is 42.5 Å². The fourth-order valence-corrected chi connectivity index (χ4v) is 2.11. The topological polar surface area (TPSA) is 91.3 Å². The maximum Gasteiger partial charge on any atom is 0.335 e. The average Bonchev–Trinajstić information content (AvgIpc) is 2.66. The molecule has 136 valence electrons. The van der Waals surface area contributed by atoms with Gasteiger partial charge in [0.25, 0.3) is 0 Å². The number of hydrogen-bond acceptors (Lipinski definition) is 6. The highest BCUT2D eigenvalue weighted by atomic mass is 16.5. The molecule has 0 aliphatic heterocycles. The molecule has 0 aromatic heterocycles. The van der Waals surface area contributed by atoms with E-state index in [0.29, 0.717) is 22.8 Å². The van der Waals surface area contributed by atoms with Crippen molar-refractivity contribution >= 4 is 18.0 Å². The Balaban J connectivity index is 2.37. The molecule has 0 heterocycles. The summed E-state index contributed by atoms with van der Waals surface area (Å²) in [5, 5.41) is 9.07. The second-order valence-electron chi connectivity index (χ2n) is 5.04. The van der Waals surface area contributed by atoms with Crippen LogP contribution in [0.4, 0.5) is 0 Å². The fraction of sp³-hybridized carbons (Fsp3) is 0.158. The van der Waals surface area contributed by atoms with Gasteiger partial charge in [-0.2, -0.15) is 0 Å². The second kappa shape index (κ2) is 8.57. The molecule has 0 aliphatic rings. The maximum absolute atomic E-state index is 11.2. The molecule has 2 aromatic carbocycles. The molecule has 1 N–H and O–H groups in total. The van der Waals surface area contributed by atoms with Gasteiger partial charge in [-0.25, -0.2) is 9.59 Å². The molecule has 2 rings (SSSR count). The maximum atomic E-state index is 11.2. The number of carbonyl (C=O) groups is 2. The lowest BCUT2D eigenvalue weighted by Gasteiger charge is -2.14. The molecule has 0 bridgehead atoms. The Kier molecular flexibility index (Phi) is 6.21. The van der Waals surface area contributed by atoms with E-state index in [4.69, 9.17) is 19.3 Å². The number of hydrogen-bond donors (Lipinski definition) is 1. The quantitative estimate of drug-likeness (QED) is 0.599. The molecular formula is C19H18O7. The van der Waals surface area contributed by atoms with Crippen molar-refractivity contribution in [3.63, 3.8) is 0 Å². The Bertz CT molecular complexity index is 840. The molecule has 2 aromatic rings. The molecule has 7 heteroatoms. The van der Waals surface area contributed by atoms with Crippen molar-refractivity contribution in [2.75, 3.05) is 21.3 Å². The van der Waals surface area contributed by atoms with Gasteiger partial charge in [-0.15, -0.1) is 0 Å². The first-order valence-electron chi connectivity index (χ1n) is 7.51. The number of methoxy groups -OCH3 is 3. The number of rotatable bonds is 7. The summed E-state index contributed by atoms with van der Waals surface area (Å²) in [5.74, 6) is -0.116. The van der Waals surface area contributed by atoms with Gasteiger partial charge in [-0.3, -0.25) is 0 Å². The number of aromatic carboxylic acids is 1. The monoisotopic (exact) mass is 358 g/mol. The van der Waals surface area contributed by atoms with Gasteiger partial charge in [0.2, 0.25) is 0 Å². The van der Waals surface area contributed by atoms with Crippen LogP contribution < -0.4 is 14.2 Å². The average molecular weight is 358 g/mol. The van der Waals surface area contributed by atoms with Crippen LogP contribution in [0.25, 0.3) is 6.08 Å². The number of esters is 1. The van der Waals surface area contributed by atoms with Gasteiger partial charge in [0.05, 0.1) is 26.9 Å². The van der Waals surface area contributed by atoms with Crippen molar-refractivity contribution in [1.29, 1.82) is 0 Å². The summed E-state index contributed by atoms with van der Waals surface area (Å²) in [7, 11) is 4.21. The van der Waals surface area contributed by atoms with Crippen LogP contribution in [-0.4, -0.2) is 38.4 Å². The number of carboxylic acid groups (broad SMARTS) is 1. The van der Waals surface area contributed by atoms with E-state index in [1.807, 2.05) is 0 Å². The largest absolute Gasteiger partial charge is 0.493 e. The van der Waals surface area contributed by atoms with Gasteiger partial charge < -0.3 is 24.1 Å². The molecular weight excluding hydrogens is 340 g/mol. The van der Waals surface area contributed by atoms with Gasteiger partial charge in [-0.05, 0) is 42.0 Å². The van der Waals surface area contributed by atoms with Crippen LogP contribution >= 0.6 is 0 Å². The standard InChI is InChI=1S/C19H18O7/c1-23-14-7-4-12(5-9-18(20)25-3)10-17(14)26-15-8-6-13(19(21)22)11-16(15)24-2/h4-11H,1-3H3,(H,21,22). The van der Waals surface area contributed by atoms with E-state index in [2.05, 4.69) is 4.74 Å². The molecule has 0 spiro atoms. The van der Waals surface area contributed by atoms with Crippen LogP contribution in [0.2, 0.25) is 0 Å². The Morgan fingerprint density at radius 2 is 1.58 bits per heavy atom. The summed E-state index contributed by atoms with van der Waals surface area (Å²) in [5.41, 5.74) is 0.767. The van der Waals surface area contributed by atoms with Crippen molar-refractivity contribution in [3.8, 4) is 23.0 Å². The molecule has 7 nitrogen and oxygen atoms in total. The van der Waals surface area contributed by atoms with Crippen LogP contribution in [0.5, 0.6) is 23.0 Å². The van der Waals surface area contributed by atoms with Gasteiger partial charge in [0.15, 0.2) is 23.0 Å².